The van der Waals surface area contributed by atoms with Crippen molar-refractivity contribution in [3.63, 3.8) is 0 Å². The Balaban J connectivity index is 2.10. The van der Waals surface area contributed by atoms with Crippen LogP contribution in [0.15, 0.2) is 12.1 Å². The van der Waals surface area contributed by atoms with Crippen LogP contribution in [0.4, 0.5) is 5.82 Å². The second kappa shape index (κ2) is 6.10. The number of piperidine rings is 1. The number of aromatic nitrogens is 1. The number of hydrogen-bond donors (Lipinski definition) is 1. The quantitative estimate of drug-likeness (QED) is 0.917. The van der Waals surface area contributed by atoms with Gasteiger partial charge in [-0.3, -0.25) is 0 Å². The van der Waals surface area contributed by atoms with E-state index < -0.39 is 0 Å². The van der Waals surface area contributed by atoms with Gasteiger partial charge >= 0.3 is 0 Å². The molecule has 2 heterocycles. The van der Waals surface area contributed by atoms with E-state index in [4.69, 9.17) is 16.6 Å². The van der Waals surface area contributed by atoms with E-state index in [-0.39, 0.29) is 5.54 Å². The summed E-state index contributed by atoms with van der Waals surface area (Å²) in [6.45, 7) is 9.38. The Morgan fingerprint density at radius 2 is 1.89 bits per heavy atom. The number of hydrogen-bond acceptors (Lipinski definition) is 3. The number of nitrogens with zero attached hydrogens (tertiary/aromatic N) is 2. The molecule has 1 aliphatic heterocycles. The molecular weight excluding hydrogens is 258 g/mol. The van der Waals surface area contributed by atoms with Crippen LogP contribution < -0.4 is 10.2 Å². The van der Waals surface area contributed by atoms with Crippen LogP contribution in [0.2, 0.25) is 5.02 Å². The molecule has 0 bridgehead atoms. The van der Waals surface area contributed by atoms with Gasteiger partial charge in [0, 0.05) is 25.2 Å². The van der Waals surface area contributed by atoms with Crippen molar-refractivity contribution in [2.75, 3.05) is 18.0 Å². The predicted molar refractivity (Wildman–Crippen MR) is 81.9 cm³/mol. The lowest BCUT2D eigenvalue weighted by Crippen LogP contribution is -2.35. The minimum atomic E-state index is 0.0755. The van der Waals surface area contributed by atoms with Gasteiger partial charge in [0.25, 0.3) is 0 Å². The molecule has 4 heteroatoms. The van der Waals surface area contributed by atoms with Gasteiger partial charge in [0.1, 0.15) is 5.82 Å². The number of nitrogens with one attached hydrogen (secondary N) is 1. The first-order valence-corrected chi connectivity index (χ1v) is 7.49. The van der Waals surface area contributed by atoms with Crippen LogP contribution in [0.3, 0.4) is 0 Å². The molecule has 0 aromatic carbocycles. The average molecular weight is 282 g/mol. The molecule has 1 fully saturated rings. The highest BCUT2D eigenvalue weighted by molar-refractivity contribution is 6.31. The van der Waals surface area contributed by atoms with Gasteiger partial charge < -0.3 is 10.2 Å². The van der Waals surface area contributed by atoms with Crippen LogP contribution in [0, 0.1) is 0 Å². The van der Waals surface area contributed by atoms with Crippen molar-refractivity contribution >= 4 is 17.4 Å². The van der Waals surface area contributed by atoms with E-state index in [1.165, 1.54) is 19.3 Å². The summed E-state index contributed by atoms with van der Waals surface area (Å²) >= 11 is 6.24. The first-order valence-electron chi connectivity index (χ1n) is 7.11. The van der Waals surface area contributed by atoms with Crippen LogP contribution in [0.25, 0.3) is 0 Å². The molecule has 0 aliphatic carbocycles. The second-order valence-electron chi connectivity index (χ2n) is 6.25. The molecule has 106 valence electrons. The van der Waals surface area contributed by atoms with E-state index in [1.807, 2.05) is 12.1 Å². The van der Waals surface area contributed by atoms with E-state index in [9.17, 15) is 0 Å². The normalized spacial score (nSPS) is 16.7. The second-order valence-corrected chi connectivity index (χ2v) is 6.66. The summed E-state index contributed by atoms with van der Waals surface area (Å²) in [4.78, 5) is 7.09. The summed E-state index contributed by atoms with van der Waals surface area (Å²) in [5.74, 6) is 1.06. The molecule has 0 atom stereocenters. The third-order valence-electron chi connectivity index (χ3n) is 3.37. The van der Waals surface area contributed by atoms with Gasteiger partial charge in [-0.25, -0.2) is 4.98 Å². The molecule has 0 saturated carbocycles. The molecule has 0 unspecified atom stereocenters. The summed E-state index contributed by atoms with van der Waals surface area (Å²) in [6, 6.07) is 4.01. The maximum absolute atomic E-state index is 6.24. The fraction of sp³-hybridized carbons (Fsp3) is 0.667. The SMILES string of the molecule is CC(C)(C)NCc1nc(N2CCCCC2)ccc1Cl. The molecule has 0 amide bonds. The number of anilines is 1. The van der Waals surface area contributed by atoms with Crippen LogP contribution in [-0.2, 0) is 6.54 Å². The first-order chi connectivity index (χ1) is 8.96. The lowest BCUT2D eigenvalue weighted by Gasteiger charge is -2.28. The summed E-state index contributed by atoms with van der Waals surface area (Å²) in [5.41, 5.74) is 1.02. The Hall–Kier alpha value is -0.800. The zero-order chi connectivity index (χ0) is 13.9. The summed E-state index contributed by atoms with van der Waals surface area (Å²) in [6.07, 6.45) is 3.86. The molecule has 0 radical (unpaired) electrons. The maximum atomic E-state index is 6.24. The fourth-order valence-electron chi connectivity index (χ4n) is 2.24. The summed E-state index contributed by atoms with van der Waals surface area (Å²) in [7, 11) is 0. The topological polar surface area (TPSA) is 28.2 Å². The number of rotatable bonds is 3. The van der Waals surface area contributed by atoms with Crippen molar-refractivity contribution in [3.05, 3.63) is 22.8 Å². The molecule has 1 aliphatic rings. The van der Waals surface area contributed by atoms with Gasteiger partial charge in [0.05, 0.1) is 10.7 Å². The first kappa shape index (κ1) is 14.6. The van der Waals surface area contributed by atoms with Gasteiger partial charge in [-0.1, -0.05) is 11.6 Å². The Kier molecular flexibility index (Phi) is 4.69. The molecule has 0 spiro atoms. The Labute approximate surface area is 121 Å². The van der Waals surface area contributed by atoms with Gasteiger partial charge in [0.2, 0.25) is 0 Å². The smallest absolute Gasteiger partial charge is 0.128 e. The van der Waals surface area contributed by atoms with Crippen molar-refractivity contribution in [1.29, 1.82) is 0 Å². The number of pyridine rings is 1. The van der Waals surface area contributed by atoms with Gasteiger partial charge in [-0.05, 0) is 52.2 Å². The Morgan fingerprint density at radius 1 is 1.21 bits per heavy atom. The summed E-state index contributed by atoms with van der Waals surface area (Å²) in [5, 5.41) is 4.19. The van der Waals surface area contributed by atoms with Crippen molar-refractivity contribution in [1.82, 2.24) is 10.3 Å². The zero-order valence-corrected chi connectivity index (χ0v) is 12.9. The van der Waals surface area contributed by atoms with E-state index in [2.05, 4.69) is 31.0 Å². The molecule has 1 saturated heterocycles. The van der Waals surface area contributed by atoms with Crippen LogP contribution in [0.1, 0.15) is 45.7 Å². The zero-order valence-electron chi connectivity index (χ0n) is 12.2. The van der Waals surface area contributed by atoms with Crippen molar-refractivity contribution < 1.29 is 0 Å². The largest absolute Gasteiger partial charge is 0.357 e. The minimum Gasteiger partial charge on any atom is -0.357 e. The third-order valence-corrected chi connectivity index (χ3v) is 3.71. The molecule has 1 N–H and O–H groups in total. The predicted octanol–water partition coefficient (Wildman–Crippen LogP) is 3.61. The lowest BCUT2D eigenvalue weighted by molar-refractivity contribution is 0.421. The third kappa shape index (κ3) is 4.36. The highest BCUT2D eigenvalue weighted by atomic mass is 35.5. The molecule has 1 aromatic rings. The van der Waals surface area contributed by atoms with Crippen LogP contribution in [0.5, 0.6) is 0 Å². The lowest BCUT2D eigenvalue weighted by atomic mass is 10.1. The van der Waals surface area contributed by atoms with E-state index in [0.717, 1.165) is 29.6 Å². The number of halogens is 1. The molecular formula is C15H24ClN3. The highest BCUT2D eigenvalue weighted by Gasteiger charge is 2.15. The minimum absolute atomic E-state index is 0.0755. The summed E-state index contributed by atoms with van der Waals surface area (Å²) < 4.78 is 0. The van der Waals surface area contributed by atoms with E-state index in [1.54, 1.807) is 0 Å². The Morgan fingerprint density at radius 3 is 2.53 bits per heavy atom. The standard InChI is InChI=1S/C15H24ClN3/c1-15(2,3)17-11-13-12(16)7-8-14(18-13)19-9-5-4-6-10-19/h7-8,17H,4-6,9-11H2,1-3H3. The van der Waals surface area contributed by atoms with Crippen LogP contribution >= 0.6 is 11.6 Å². The average Bonchev–Trinajstić information content (AvgIpc) is 2.38. The van der Waals surface area contributed by atoms with Crippen molar-refractivity contribution in [3.8, 4) is 0 Å². The maximum Gasteiger partial charge on any atom is 0.128 e. The van der Waals surface area contributed by atoms with E-state index >= 15 is 0 Å². The van der Waals surface area contributed by atoms with Gasteiger partial charge in [-0.2, -0.15) is 0 Å². The van der Waals surface area contributed by atoms with Gasteiger partial charge in [0.15, 0.2) is 0 Å². The van der Waals surface area contributed by atoms with Crippen molar-refractivity contribution in [2.24, 2.45) is 0 Å². The molecule has 19 heavy (non-hydrogen) atoms. The van der Waals surface area contributed by atoms with Crippen molar-refractivity contribution in [2.45, 2.75) is 52.1 Å². The molecule has 2 rings (SSSR count). The van der Waals surface area contributed by atoms with E-state index in [0.29, 0.717) is 6.54 Å². The van der Waals surface area contributed by atoms with Gasteiger partial charge in [-0.15, -0.1) is 0 Å². The monoisotopic (exact) mass is 281 g/mol. The fourth-order valence-corrected chi connectivity index (χ4v) is 2.42. The molecule has 1 aromatic heterocycles. The van der Waals surface area contributed by atoms with Crippen LogP contribution in [-0.4, -0.2) is 23.6 Å². The molecule has 3 nitrogen and oxygen atoms in total. The highest BCUT2D eigenvalue weighted by Crippen LogP contribution is 2.22. The Bertz CT molecular complexity index is 420.